The lowest BCUT2D eigenvalue weighted by molar-refractivity contribution is -0.384. The van der Waals surface area contributed by atoms with Gasteiger partial charge in [0.15, 0.2) is 0 Å². The highest BCUT2D eigenvalue weighted by molar-refractivity contribution is 7.92. The number of nitrogens with zero attached hydrogens (tertiary/aromatic N) is 3. The van der Waals surface area contributed by atoms with Gasteiger partial charge in [-0.25, -0.2) is 8.42 Å². The number of sulfonamides is 1. The van der Waals surface area contributed by atoms with Gasteiger partial charge in [0, 0.05) is 31.1 Å². The molecule has 0 saturated heterocycles. The van der Waals surface area contributed by atoms with Gasteiger partial charge in [-0.05, 0) is 49.1 Å². The van der Waals surface area contributed by atoms with Gasteiger partial charge in [0.1, 0.15) is 12.6 Å². The number of carbonyl (C=O) groups excluding carboxylic acids is 2. The summed E-state index contributed by atoms with van der Waals surface area (Å²) in [6, 6.07) is 28.8. The third kappa shape index (κ3) is 8.65. The minimum absolute atomic E-state index is 0.0136. The van der Waals surface area contributed by atoms with E-state index in [0.717, 1.165) is 59.2 Å². The standard InChI is InChI=1S/C37H40N4O6S/c1-28-13-11-16-30(23-28)26-39(35(24-29-14-5-2-6-15-29)37(43)38-31-17-7-3-8-18-31)36(42)27-40(32-19-12-20-33(25-32)41(44)45)48(46,47)34-21-9-4-10-22-34/h2,4-6,9-16,19-23,25,31,35H,3,7-8,17-18,24,26-27H2,1H3,(H,38,43)/t35-/m1/s1. The Kier molecular flexibility index (Phi) is 11.2. The predicted octanol–water partition coefficient (Wildman–Crippen LogP) is 6.19. The van der Waals surface area contributed by atoms with E-state index in [1.807, 2.05) is 61.5 Å². The molecule has 1 aliphatic carbocycles. The molecule has 0 aliphatic heterocycles. The smallest absolute Gasteiger partial charge is 0.271 e. The van der Waals surface area contributed by atoms with Crippen LogP contribution >= 0.6 is 0 Å². The van der Waals surface area contributed by atoms with Crippen LogP contribution in [0.3, 0.4) is 0 Å². The number of non-ortho nitro benzene ring substituents is 1. The van der Waals surface area contributed by atoms with E-state index in [0.29, 0.717) is 0 Å². The van der Waals surface area contributed by atoms with Crippen LogP contribution in [-0.2, 0) is 32.6 Å². The summed E-state index contributed by atoms with van der Waals surface area (Å²) in [6.07, 6.45) is 5.04. The van der Waals surface area contributed by atoms with Gasteiger partial charge < -0.3 is 10.2 Å². The van der Waals surface area contributed by atoms with Gasteiger partial charge >= 0.3 is 0 Å². The first kappa shape index (κ1) is 34.3. The molecule has 1 saturated carbocycles. The lowest BCUT2D eigenvalue weighted by Crippen LogP contribution is -2.55. The van der Waals surface area contributed by atoms with Crippen molar-refractivity contribution >= 4 is 33.2 Å². The molecular formula is C37H40N4O6S. The van der Waals surface area contributed by atoms with E-state index in [1.165, 1.54) is 35.2 Å². The van der Waals surface area contributed by atoms with E-state index < -0.39 is 33.4 Å². The largest absolute Gasteiger partial charge is 0.352 e. The Labute approximate surface area is 281 Å². The van der Waals surface area contributed by atoms with Gasteiger partial charge in [-0.1, -0.05) is 104 Å². The number of nitro groups is 1. The fraction of sp³-hybridized carbons (Fsp3) is 0.297. The second-order valence-electron chi connectivity index (χ2n) is 12.2. The number of benzene rings is 4. The van der Waals surface area contributed by atoms with E-state index >= 15 is 0 Å². The van der Waals surface area contributed by atoms with Crippen LogP contribution in [0.15, 0.2) is 114 Å². The van der Waals surface area contributed by atoms with E-state index in [-0.39, 0.29) is 41.2 Å². The van der Waals surface area contributed by atoms with Crippen LogP contribution < -0.4 is 9.62 Å². The van der Waals surface area contributed by atoms with Crippen LogP contribution in [0, 0.1) is 17.0 Å². The first-order valence-corrected chi connectivity index (χ1v) is 17.6. The first-order chi connectivity index (χ1) is 23.1. The average molecular weight is 669 g/mol. The van der Waals surface area contributed by atoms with E-state index in [9.17, 15) is 28.1 Å². The summed E-state index contributed by atoms with van der Waals surface area (Å²) in [5.41, 5.74) is 2.23. The highest BCUT2D eigenvalue weighted by Crippen LogP contribution is 2.28. The van der Waals surface area contributed by atoms with Crippen molar-refractivity contribution < 1.29 is 22.9 Å². The number of amides is 2. The zero-order valence-electron chi connectivity index (χ0n) is 26.9. The molecule has 250 valence electrons. The Bertz CT molecular complexity index is 1830. The monoisotopic (exact) mass is 668 g/mol. The minimum Gasteiger partial charge on any atom is -0.352 e. The molecule has 48 heavy (non-hydrogen) atoms. The van der Waals surface area contributed by atoms with Gasteiger partial charge in [0.2, 0.25) is 11.8 Å². The summed E-state index contributed by atoms with van der Waals surface area (Å²) in [6.45, 7) is 1.29. The number of nitrogens with one attached hydrogen (secondary N) is 1. The molecule has 4 aromatic carbocycles. The van der Waals surface area contributed by atoms with Crippen molar-refractivity contribution in [1.82, 2.24) is 10.2 Å². The number of nitro benzene ring substituents is 1. The summed E-state index contributed by atoms with van der Waals surface area (Å²) in [7, 11) is -4.37. The third-order valence-electron chi connectivity index (χ3n) is 8.60. The van der Waals surface area contributed by atoms with E-state index in [2.05, 4.69) is 5.32 Å². The SMILES string of the molecule is Cc1cccc(CN(C(=O)CN(c2cccc([N+](=O)[O-])c2)S(=O)(=O)c2ccccc2)[C@H](Cc2ccccc2)C(=O)NC2CCCCC2)c1. The maximum Gasteiger partial charge on any atom is 0.271 e. The molecule has 0 spiro atoms. The Morgan fingerprint density at radius 2 is 1.50 bits per heavy atom. The molecule has 0 aromatic heterocycles. The average Bonchev–Trinajstić information content (AvgIpc) is 3.10. The van der Waals surface area contributed by atoms with Crippen molar-refractivity contribution in [3.63, 3.8) is 0 Å². The van der Waals surface area contributed by atoms with Crippen molar-refractivity contribution in [1.29, 1.82) is 0 Å². The number of hydrogen-bond acceptors (Lipinski definition) is 6. The van der Waals surface area contributed by atoms with Gasteiger partial charge in [0.05, 0.1) is 15.5 Å². The van der Waals surface area contributed by atoms with Crippen molar-refractivity contribution in [2.75, 3.05) is 10.8 Å². The molecule has 10 nitrogen and oxygen atoms in total. The fourth-order valence-corrected chi connectivity index (χ4v) is 7.54. The van der Waals surface area contributed by atoms with Crippen LogP contribution in [0.1, 0.15) is 48.8 Å². The van der Waals surface area contributed by atoms with Crippen molar-refractivity contribution in [3.8, 4) is 0 Å². The fourth-order valence-electron chi connectivity index (χ4n) is 6.12. The molecule has 0 heterocycles. The second-order valence-corrected chi connectivity index (χ2v) is 14.0. The Morgan fingerprint density at radius 1 is 0.854 bits per heavy atom. The van der Waals surface area contributed by atoms with Crippen LogP contribution in [0.25, 0.3) is 0 Å². The van der Waals surface area contributed by atoms with Gasteiger partial charge in [-0.3, -0.25) is 24.0 Å². The molecule has 2 amide bonds. The van der Waals surface area contributed by atoms with E-state index in [1.54, 1.807) is 18.2 Å². The highest BCUT2D eigenvalue weighted by Gasteiger charge is 2.35. The number of rotatable bonds is 13. The van der Waals surface area contributed by atoms with Crippen molar-refractivity contribution in [2.24, 2.45) is 0 Å². The lowest BCUT2D eigenvalue weighted by atomic mass is 9.94. The summed E-state index contributed by atoms with van der Waals surface area (Å²) >= 11 is 0. The molecule has 4 aromatic rings. The third-order valence-corrected chi connectivity index (χ3v) is 10.4. The normalized spacial score (nSPS) is 14.1. The Hall–Kier alpha value is -5.03. The summed E-state index contributed by atoms with van der Waals surface area (Å²) < 4.78 is 29.2. The lowest BCUT2D eigenvalue weighted by Gasteiger charge is -2.35. The van der Waals surface area contributed by atoms with Crippen LogP contribution in [0.2, 0.25) is 0 Å². The second kappa shape index (κ2) is 15.7. The quantitative estimate of drug-likeness (QED) is 0.134. The van der Waals surface area contributed by atoms with Crippen LogP contribution in [0.5, 0.6) is 0 Å². The summed E-state index contributed by atoms with van der Waals surface area (Å²) in [4.78, 5) is 41.3. The molecule has 1 aliphatic rings. The molecular weight excluding hydrogens is 628 g/mol. The minimum atomic E-state index is -4.37. The summed E-state index contributed by atoms with van der Waals surface area (Å²) in [5, 5.41) is 14.9. The molecule has 0 radical (unpaired) electrons. The van der Waals surface area contributed by atoms with Gasteiger partial charge in [-0.2, -0.15) is 0 Å². The topological polar surface area (TPSA) is 130 Å². The van der Waals surface area contributed by atoms with Gasteiger partial charge in [0.25, 0.3) is 15.7 Å². The molecule has 1 fully saturated rings. The number of carbonyl (C=O) groups is 2. The van der Waals surface area contributed by atoms with Crippen molar-refractivity contribution in [2.45, 2.75) is 69.0 Å². The number of aryl methyl sites for hydroxylation is 1. The maximum atomic E-state index is 14.6. The zero-order valence-corrected chi connectivity index (χ0v) is 27.7. The molecule has 5 rings (SSSR count). The van der Waals surface area contributed by atoms with Crippen molar-refractivity contribution in [3.05, 3.63) is 136 Å². The summed E-state index contributed by atoms with van der Waals surface area (Å²) in [5.74, 6) is -0.929. The molecule has 1 atom stereocenters. The van der Waals surface area contributed by atoms with Crippen LogP contribution in [-0.4, -0.2) is 48.7 Å². The molecule has 0 unspecified atom stereocenters. The predicted molar refractivity (Wildman–Crippen MR) is 185 cm³/mol. The van der Waals surface area contributed by atoms with Gasteiger partial charge in [-0.15, -0.1) is 0 Å². The number of anilines is 1. The van der Waals surface area contributed by atoms with Crippen LogP contribution in [0.4, 0.5) is 11.4 Å². The maximum absolute atomic E-state index is 14.6. The molecule has 1 N–H and O–H groups in total. The first-order valence-electron chi connectivity index (χ1n) is 16.1. The number of hydrogen-bond donors (Lipinski definition) is 1. The molecule has 11 heteroatoms. The highest BCUT2D eigenvalue weighted by atomic mass is 32.2. The zero-order chi connectivity index (χ0) is 34.1. The van der Waals surface area contributed by atoms with E-state index in [4.69, 9.17) is 0 Å². The Morgan fingerprint density at radius 3 is 2.17 bits per heavy atom. The molecule has 0 bridgehead atoms. The Balaban J connectivity index is 1.58.